The highest BCUT2D eigenvalue weighted by molar-refractivity contribution is 5.48. The van der Waals surface area contributed by atoms with E-state index in [-0.39, 0.29) is 0 Å². The van der Waals surface area contributed by atoms with E-state index >= 15 is 0 Å². The molecule has 0 radical (unpaired) electrons. The Kier molecular flexibility index (Phi) is 11.9. The molecular weight excluding hydrogens is 308 g/mol. The van der Waals surface area contributed by atoms with Gasteiger partial charge >= 0.3 is 0 Å². The van der Waals surface area contributed by atoms with Crippen molar-refractivity contribution in [3.63, 3.8) is 0 Å². The molecule has 0 saturated heterocycles. The molecule has 136 valence electrons. The van der Waals surface area contributed by atoms with Gasteiger partial charge in [0.05, 0.1) is 0 Å². The Morgan fingerprint density at radius 3 is 2.08 bits per heavy atom. The molecule has 1 aromatic heterocycles. The maximum Gasteiger partial charge on any atom is 0.168 e. The number of pyridine rings is 1. The fraction of sp³-hybridized carbons (Fsp3) is 0.455. The third-order valence-corrected chi connectivity index (χ3v) is 4.11. The standard InChI is InChI=1S/C14H22NO.C8H11N/c16-14-10-5-3-1-2-4-7-11-15-12-8-6-9-13-15;1-7-3-5-8(9-2)6-4-7/h6,8-9,12-14H,1-5,7,10-11H2;3-6,9H,1-2H3/q+1;. The van der Waals surface area contributed by atoms with Crippen LogP contribution in [0.15, 0.2) is 54.9 Å². The van der Waals surface area contributed by atoms with Crippen molar-refractivity contribution in [1.82, 2.24) is 0 Å². The lowest BCUT2D eigenvalue weighted by molar-refractivity contribution is -0.697. The van der Waals surface area contributed by atoms with Crippen molar-refractivity contribution < 1.29 is 9.36 Å². The molecule has 2 rings (SSSR count). The summed E-state index contributed by atoms with van der Waals surface area (Å²) in [6.45, 7) is 3.20. The van der Waals surface area contributed by atoms with Crippen molar-refractivity contribution in [2.24, 2.45) is 0 Å². The average Bonchev–Trinajstić information content (AvgIpc) is 2.66. The van der Waals surface area contributed by atoms with E-state index in [1.807, 2.05) is 13.1 Å². The number of rotatable bonds is 10. The largest absolute Gasteiger partial charge is 0.388 e. The first-order valence-corrected chi connectivity index (χ1v) is 9.38. The van der Waals surface area contributed by atoms with Gasteiger partial charge in [0, 0.05) is 37.7 Å². The molecule has 0 aliphatic heterocycles. The molecule has 2 aromatic rings. The van der Waals surface area contributed by atoms with Crippen LogP contribution >= 0.6 is 0 Å². The lowest BCUT2D eigenvalue weighted by Crippen LogP contribution is -2.32. The zero-order valence-electron chi connectivity index (χ0n) is 15.8. The Hall–Kier alpha value is -2.16. The Balaban J connectivity index is 0.000000293. The predicted octanol–water partition coefficient (Wildman–Crippen LogP) is 4.94. The molecule has 0 fully saturated rings. The van der Waals surface area contributed by atoms with Crippen LogP contribution in [0.1, 0.15) is 50.5 Å². The van der Waals surface area contributed by atoms with Gasteiger partial charge in [-0.15, -0.1) is 0 Å². The van der Waals surface area contributed by atoms with Crippen molar-refractivity contribution in [3.8, 4) is 0 Å². The summed E-state index contributed by atoms with van der Waals surface area (Å²) in [7, 11) is 1.92. The lowest BCUT2D eigenvalue weighted by Gasteiger charge is -1.99. The van der Waals surface area contributed by atoms with Gasteiger partial charge in [0.2, 0.25) is 0 Å². The average molecular weight is 342 g/mol. The SMILES string of the molecule is CNc1ccc(C)cc1.O=CCCCCCCCC[n+]1ccccc1. The van der Waals surface area contributed by atoms with Gasteiger partial charge in [-0.2, -0.15) is 0 Å². The van der Waals surface area contributed by atoms with Crippen LogP contribution in [0.2, 0.25) is 0 Å². The zero-order chi connectivity index (χ0) is 18.2. The zero-order valence-corrected chi connectivity index (χ0v) is 15.8. The minimum Gasteiger partial charge on any atom is -0.388 e. The molecule has 25 heavy (non-hydrogen) atoms. The molecular formula is C22H33N2O+. The number of aldehydes is 1. The molecule has 0 atom stereocenters. The van der Waals surface area contributed by atoms with Crippen LogP contribution in [-0.4, -0.2) is 13.3 Å². The number of hydrogen-bond donors (Lipinski definition) is 1. The van der Waals surface area contributed by atoms with E-state index in [0.29, 0.717) is 0 Å². The second-order valence-electron chi connectivity index (χ2n) is 6.31. The summed E-state index contributed by atoms with van der Waals surface area (Å²) in [6.07, 6.45) is 13.4. The van der Waals surface area contributed by atoms with E-state index < -0.39 is 0 Å². The van der Waals surface area contributed by atoms with Gasteiger partial charge in [-0.05, 0) is 31.9 Å². The summed E-state index contributed by atoms with van der Waals surface area (Å²) in [6, 6.07) is 14.5. The second-order valence-corrected chi connectivity index (χ2v) is 6.31. The minimum atomic E-state index is 0.736. The Morgan fingerprint density at radius 1 is 0.880 bits per heavy atom. The van der Waals surface area contributed by atoms with E-state index in [2.05, 4.69) is 65.6 Å². The van der Waals surface area contributed by atoms with Gasteiger partial charge < -0.3 is 10.1 Å². The summed E-state index contributed by atoms with van der Waals surface area (Å²) in [5, 5.41) is 3.05. The van der Waals surface area contributed by atoms with Crippen molar-refractivity contribution in [1.29, 1.82) is 0 Å². The van der Waals surface area contributed by atoms with Crippen LogP contribution in [-0.2, 0) is 11.3 Å². The molecule has 0 amide bonds. The number of unbranched alkanes of at least 4 members (excludes halogenated alkanes) is 6. The molecule has 0 unspecified atom stereocenters. The molecule has 0 aliphatic rings. The molecule has 1 N–H and O–H groups in total. The molecule has 1 aromatic carbocycles. The fourth-order valence-corrected chi connectivity index (χ4v) is 2.53. The summed E-state index contributed by atoms with van der Waals surface area (Å²) in [5.74, 6) is 0. The van der Waals surface area contributed by atoms with Crippen molar-refractivity contribution in [2.45, 2.75) is 58.4 Å². The third kappa shape index (κ3) is 11.1. The number of aryl methyl sites for hydroxylation is 2. The smallest absolute Gasteiger partial charge is 0.168 e. The first-order chi connectivity index (χ1) is 12.3. The highest BCUT2D eigenvalue weighted by atomic mass is 16.1. The molecule has 0 bridgehead atoms. The van der Waals surface area contributed by atoms with Gasteiger partial charge in [0.25, 0.3) is 0 Å². The summed E-state index contributed by atoms with van der Waals surface area (Å²) in [4.78, 5) is 10.1. The number of carbonyl (C=O) groups excluding carboxylic acids is 1. The van der Waals surface area contributed by atoms with E-state index in [1.165, 1.54) is 43.4 Å². The molecule has 3 heteroatoms. The number of nitrogens with one attached hydrogen (secondary N) is 1. The molecule has 1 heterocycles. The highest BCUT2D eigenvalue weighted by Crippen LogP contribution is 2.07. The number of hydrogen-bond acceptors (Lipinski definition) is 2. The van der Waals surface area contributed by atoms with E-state index in [9.17, 15) is 4.79 Å². The Bertz CT molecular complexity index is 552. The monoisotopic (exact) mass is 341 g/mol. The number of nitrogens with zero attached hydrogens (tertiary/aromatic N) is 1. The van der Waals surface area contributed by atoms with Gasteiger partial charge in [0.1, 0.15) is 12.8 Å². The summed E-state index contributed by atoms with van der Waals surface area (Å²) < 4.78 is 2.23. The lowest BCUT2D eigenvalue weighted by atomic mass is 10.1. The van der Waals surface area contributed by atoms with Crippen LogP contribution < -0.4 is 9.88 Å². The van der Waals surface area contributed by atoms with Crippen molar-refractivity contribution in [3.05, 3.63) is 60.4 Å². The van der Waals surface area contributed by atoms with Crippen LogP contribution in [0.5, 0.6) is 0 Å². The minimum absolute atomic E-state index is 0.736. The summed E-state index contributed by atoms with van der Waals surface area (Å²) >= 11 is 0. The van der Waals surface area contributed by atoms with Gasteiger partial charge in [-0.1, -0.05) is 43.0 Å². The Labute approximate surface area is 153 Å². The first kappa shape index (κ1) is 20.9. The predicted molar refractivity (Wildman–Crippen MR) is 106 cm³/mol. The van der Waals surface area contributed by atoms with Gasteiger partial charge in [-0.3, -0.25) is 0 Å². The van der Waals surface area contributed by atoms with Crippen LogP contribution in [0.3, 0.4) is 0 Å². The number of aromatic nitrogens is 1. The normalized spacial score (nSPS) is 9.84. The molecule has 0 aliphatic carbocycles. The number of benzene rings is 1. The number of carbonyl (C=O) groups is 1. The quantitative estimate of drug-likeness (QED) is 0.377. The third-order valence-electron chi connectivity index (χ3n) is 4.11. The van der Waals surface area contributed by atoms with Gasteiger partial charge in [-0.25, -0.2) is 4.57 Å². The first-order valence-electron chi connectivity index (χ1n) is 9.38. The number of anilines is 1. The van der Waals surface area contributed by atoms with Crippen LogP contribution in [0.4, 0.5) is 5.69 Å². The van der Waals surface area contributed by atoms with E-state index in [1.54, 1.807) is 0 Å². The molecule has 0 spiro atoms. The highest BCUT2D eigenvalue weighted by Gasteiger charge is 1.97. The molecule has 0 saturated carbocycles. The van der Waals surface area contributed by atoms with E-state index in [4.69, 9.17) is 0 Å². The van der Waals surface area contributed by atoms with Crippen LogP contribution in [0, 0.1) is 6.92 Å². The summed E-state index contributed by atoms with van der Waals surface area (Å²) in [5.41, 5.74) is 2.47. The van der Waals surface area contributed by atoms with Crippen molar-refractivity contribution in [2.75, 3.05) is 12.4 Å². The Morgan fingerprint density at radius 2 is 1.48 bits per heavy atom. The molecule has 3 nitrogen and oxygen atoms in total. The van der Waals surface area contributed by atoms with Crippen molar-refractivity contribution >= 4 is 12.0 Å². The maximum absolute atomic E-state index is 10.1. The fourth-order valence-electron chi connectivity index (χ4n) is 2.53. The van der Waals surface area contributed by atoms with E-state index in [0.717, 1.165) is 25.7 Å². The topological polar surface area (TPSA) is 33.0 Å². The second kappa shape index (κ2) is 14.2. The van der Waals surface area contributed by atoms with Gasteiger partial charge in [0.15, 0.2) is 12.4 Å². The van der Waals surface area contributed by atoms with Crippen LogP contribution in [0.25, 0.3) is 0 Å². The maximum atomic E-state index is 10.1.